The van der Waals surface area contributed by atoms with Gasteiger partial charge in [-0.3, -0.25) is 0 Å². The standard InChI is InChI=1S/C18H16F2N2O2S.ClH/c1-21-11-13-9-18(14-5-3-2-4-6-14)22(12-13)25(23,24)15-7-8-16(19)17(20)10-15;/h2-10,12,21H,11H2,1H3;1H. The maximum absolute atomic E-state index is 13.5. The topological polar surface area (TPSA) is 51.1 Å². The molecule has 0 spiro atoms. The van der Waals surface area contributed by atoms with Crippen molar-refractivity contribution in [3.05, 3.63) is 78.0 Å². The summed E-state index contributed by atoms with van der Waals surface area (Å²) in [6.07, 6.45) is 1.48. The van der Waals surface area contributed by atoms with Gasteiger partial charge in [0.1, 0.15) is 0 Å². The summed E-state index contributed by atoms with van der Waals surface area (Å²) >= 11 is 0. The van der Waals surface area contributed by atoms with Crippen molar-refractivity contribution in [1.29, 1.82) is 0 Å². The molecule has 4 nitrogen and oxygen atoms in total. The quantitative estimate of drug-likeness (QED) is 0.711. The lowest BCUT2D eigenvalue weighted by Crippen LogP contribution is -2.14. The van der Waals surface area contributed by atoms with Crippen LogP contribution in [0.3, 0.4) is 0 Å². The molecule has 138 valence electrons. The summed E-state index contributed by atoms with van der Waals surface area (Å²) in [4.78, 5) is -0.310. The highest BCUT2D eigenvalue weighted by atomic mass is 35.5. The van der Waals surface area contributed by atoms with Gasteiger partial charge < -0.3 is 5.32 Å². The Morgan fingerprint density at radius 3 is 2.31 bits per heavy atom. The smallest absolute Gasteiger partial charge is 0.268 e. The van der Waals surface area contributed by atoms with Crippen LogP contribution in [0.4, 0.5) is 8.78 Å². The van der Waals surface area contributed by atoms with Crippen LogP contribution in [-0.2, 0) is 16.6 Å². The third-order valence-corrected chi connectivity index (χ3v) is 5.41. The summed E-state index contributed by atoms with van der Waals surface area (Å²) in [5.41, 5.74) is 1.92. The van der Waals surface area contributed by atoms with E-state index in [0.717, 1.165) is 21.7 Å². The Morgan fingerprint density at radius 2 is 1.69 bits per heavy atom. The average molecular weight is 399 g/mol. The van der Waals surface area contributed by atoms with Crippen LogP contribution in [0, 0.1) is 11.6 Å². The van der Waals surface area contributed by atoms with Gasteiger partial charge in [-0.05, 0) is 42.4 Å². The molecule has 0 saturated carbocycles. The summed E-state index contributed by atoms with van der Waals surface area (Å²) in [6.45, 7) is 0.472. The van der Waals surface area contributed by atoms with Crippen molar-refractivity contribution >= 4 is 22.4 Å². The molecule has 1 N–H and O–H groups in total. The van der Waals surface area contributed by atoms with E-state index in [4.69, 9.17) is 0 Å². The Bertz CT molecular complexity index is 1010. The van der Waals surface area contributed by atoms with Gasteiger partial charge in [-0.25, -0.2) is 21.2 Å². The summed E-state index contributed by atoms with van der Waals surface area (Å²) < 4.78 is 53.7. The van der Waals surface area contributed by atoms with Crippen molar-refractivity contribution in [3.8, 4) is 11.3 Å². The highest BCUT2D eigenvalue weighted by molar-refractivity contribution is 7.90. The number of nitrogens with one attached hydrogen (secondary N) is 1. The molecule has 1 heterocycles. The third-order valence-electron chi connectivity index (χ3n) is 3.74. The van der Waals surface area contributed by atoms with Gasteiger partial charge >= 0.3 is 0 Å². The molecule has 0 aliphatic heterocycles. The molecule has 8 heteroatoms. The van der Waals surface area contributed by atoms with Crippen LogP contribution in [0.15, 0.2) is 65.7 Å². The van der Waals surface area contributed by atoms with Gasteiger partial charge in [-0.1, -0.05) is 30.3 Å². The highest BCUT2D eigenvalue weighted by Gasteiger charge is 2.23. The van der Waals surface area contributed by atoms with E-state index in [0.29, 0.717) is 23.9 Å². The predicted molar refractivity (Wildman–Crippen MR) is 98.8 cm³/mol. The van der Waals surface area contributed by atoms with Crippen molar-refractivity contribution in [2.75, 3.05) is 7.05 Å². The number of aromatic nitrogens is 1. The molecule has 0 bridgehead atoms. The molecule has 0 saturated heterocycles. The molecule has 1 aromatic heterocycles. The number of hydrogen-bond acceptors (Lipinski definition) is 3. The Balaban J connectivity index is 0.00000243. The summed E-state index contributed by atoms with van der Waals surface area (Å²) in [7, 11) is -2.32. The van der Waals surface area contributed by atoms with Gasteiger partial charge in [-0.15, -0.1) is 12.4 Å². The van der Waals surface area contributed by atoms with Crippen LogP contribution in [-0.4, -0.2) is 19.4 Å². The molecule has 26 heavy (non-hydrogen) atoms. The van der Waals surface area contributed by atoms with E-state index in [-0.39, 0.29) is 17.3 Å². The van der Waals surface area contributed by atoms with Crippen LogP contribution >= 0.6 is 12.4 Å². The van der Waals surface area contributed by atoms with Gasteiger partial charge in [0.05, 0.1) is 10.6 Å². The van der Waals surface area contributed by atoms with E-state index >= 15 is 0 Å². The molecule has 0 aliphatic rings. The predicted octanol–water partition coefficient (Wildman–Crippen LogP) is 3.81. The zero-order chi connectivity index (χ0) is 18.0. The maximum Gasteiger partial charge on any atom is 0.268 e. The lowest BCUT2D eigenvalue weighted by Gasteiger charge is -2.11. The third kappa shape index (κ3) is 3.80. The first-order valence-electron chi connectivity index (χ1n) is 7.55. The normalized spacial score (nSPS) is 11.2. The Kier molecular flexibility index (Phi) is 6.17. The number of benzene rings is 2. The van der Waals surface area contributed by atoms with E-state index in [1.54, 1.807) is 37.4 Å². The number of halogens is 3. The summed E-state index contributed by atoms with van der Waals surface area (Å²) in [6, 6.07) is 13.3. The van der Waals surface area contributed by atoms with Crippen LogP contribution in [0.25, 0.3) is 11.3 Å². The molecule has 0 amide bonds. The fourth-order valence-electron chi connectivity index (χ4n) is 2.57. The fraction of sp³-hybridized carbons (Fsp3) is 0.111. The number of rotatable bonds is 5. The Hall–Kier alpha value is -2.22. The van der Waals surface area contributed by atoms with E-state index in [1.165, 1.54) is 6.20 Å². The van der Waals surface area contributed by atoms with Crippen molar-refractivity contribution in [2.45, 2.75) is 11.4 Å². The van der Waals surface area contributed by atoms with E-state index in [1.807, 2.05) is 6.07 Å². The SMILES string of the molecule is CNCc1cc(-c2ccccc2)n(S(=O)(=O)c2ccc(F)c(F)c2)c1.Cl. The second kappa shape index (κ2) is 7.99. The van der Waals surface area contributed by atoms with Crippen LogP contribution < -0.4 is 5.32 Å². The molecule has 3 rings (SSSR count). The lowest BCUT2D eigenvalue weighted by atomic mass is 10.1. The average Bonchev–Trinajstić information content (AvgIpc) is 3.03. The monoisotopic (exact) mass is 398 g/mol. The molecule has 0 atom stereocenters. The van der Waals surface area contributed by atoms with E-state index in [2.05, 4.69) is 5.32 Å². The molecule has 0 fully saturated rings. The summed E-state index contributed by atoms with van der Waals surface area (Å²) in [5.74, 6) is -2.30. The van der Waals surface area contributed by atoms with Crippen LogP contribution in [0.2, 0.25) is 0 Å². The Morgan fingerprint density at radius 1 is 1.00 bits per heavy atom. The first-order valence-corrected chi connectivity index (χ1v) is 8.99. The van der Waals surface area contributed by atoms with Gasteiger partial charge in [0, 0.05) is 12.7 Å². The minimum Gasteiger partial charge on any atom is -0.316 e. The largest absolute Gasteiger partial charge is 0.316 e. The van der Waals surface area contributed by atoms with Crippen LogP contribution in [0.5, 0.6) is 0 Å². The maximum atomic E-state index is 13.5. The number of hydrogen-bond donors (Lipinski definition) is 1. The molecular weight excluding hydrogens is 382 g/mol. The molecule has 3 aromatic rings. The second-order valence-corrected chi connectivity index (χ2v) is 7.32. The molecule has 0 aliphatic carbocycles. The van der Waals surface area contributed by atoms with Gasteiger partial charge in [0.25, 0.3) is 10.0 Å². The molecule has 0 unspecified atom stereocenters. The van der Waals surface area contributed by atoms with Gasteiger partial charge in [0.15, 0.2) is 11.6 Å². The first-order chi connectivity index (χ1) is 11.9. The van der Waals surface area contributed by atoms with Gasteiger partial charge in [0.2, 0.25) is 0 Å². The lowest BCUT2D eigenvalue weighted by molar-refractivity contribution is 0.504. The highest BCUT2D eigenvalue weighted by Crippen LogP contribution is 2.27. The van der Waals surface area contributed by atoms with Crippen molar-refractivity contribution < 1.29 is 17.2 Å². The molecular formula is C18H17ClF2N2O2S. The van der Waals surface area contributed by atoms with E-state index < -0.39 is 21.7 Å². The first kappa shape index (κ1) is 20.1. The van der Waals surface area contributed by atoms with E-state index in [9.17, 15) is 17.2 Å². The molecule has 0 radical (unpaired) electrons. The fourth-order valence-corrected chi connectivity index (χ4v) is 3.98. The minimum absolute atomic E-state index is 0. The van der Waals surface area contributed by atoms with Crippen molar-refractivity contribution in [3.63, 3.8) is 0 Å². The summed E-state index contributed by atoms with van der Waals surface area (Å²) in [5, 5.41) is 2.97. The molecule has 2 aromatic carbocycles. The zero-order valence-corrected chi connectivity index (χ0v) is 15.4. The van der Waals surface area contributed by atoms with Crippen LogP contribution in [0.1, 0.15) is 5.56 Å². The van der Waals surface area contributed by atoms with Crippen molar-refractivity contribution in [1.82, 2.24) is 9.29 Å². The zero-order valence-electron chi connectivity index (χ0n) is 13.8. The second-order valence-electron chi connectivity index (χ2n) is 5.51. The number of nitrogens with zero attached hydrogens (tertiary/aromatic N) is 1. The Labute approximate surface area is 156 Å². The van der Waals surface area contributed by atoms with Gasteiger partial charge in [-0.2, -0.15) is 0 Å². The minimum atomic E-state index is -4.07. The van der Waals surface area contributed by atoms with Crippen molar-refractivity contribution in [2.24, 2.45) is 0 Å².